The smallest absolute Gasteiger partial charge is 0.328 e. The highest BCUT2D eigenvalue weighted by Gasteiger charge is 2.52. The Balaban J connectivity index is 1.45. The number of carbonyl (C=O) groups is 3. The van der Waals surface area contributed by atoms with E-state index in [-0.39, 0.29) is 56.3 Å². The zero-order valence-corrected chi connectivity index (χ0v) is 20.1. The molecule has 12 heteroatoms. The molecule has 12 nitrogen and oxygen atoms in total. The zero-order chi connectivity index (χ0) is 25.5. The zero-order valence-electron chi connectivity index (χ0n) is 20.1. The van der Waals surface area contributed by atoms with Crippen molar-refractivity contribution in [3.05, 3.63) is 32.6 Å². The van der Waals surface area contributed by atoms with Crippen molar-refractivity contribution >= 4 is 17.8 Å². The first-order chi connectivity index (χ1) is 16.4. The maximum absolute atomic E-state index is 13.1. The Bertz CT molecular complexity index is 1130. The van der Waals surface area contributed by atoms with E-state index < -0.39 is 40.6 Å². The molecule has 3 fully saturated rings. The standard InChI is InChI=1S/C23H33N5O7/c1-14-11-28(20(33)24-18(14)31)16-13-26(12-15(29)10-22(16,2)35)17(30)6-5-9-27-19(32)23(25-21(27)34)7-3-4-8-23/h11,15-16,29,35H,3-10,12-13H2,1-2H3,(H,25,34)(H,24,31,33)/t15-,16+,22+/m1/s1. The second kappa shape index (κ2) is 9.23. The number of hydrogen-bond acceptors (Lipinski definition) is 7. The molecule has 1 saturated carbocycles. The van der Waals surface area contributed by atoms with Crippen LogP contribution >= 0.6 is 0 Å². The van der Waals surface area contributed by atoms with Gasteiger partial charge in [-0.3, -0.25) is 28.8 Å². The molecule has 0 aromatic carbocycles. The molecule has 3 atom stereocenters. The van der Waals surface area contributed by atoms with Crippen LogP contribution in [0.5, 0.6) is 0 Å². The molecule has 2 saturated heterocycles. The lowest BCUT2D eigenvalue weighted by Gasteiger charge is -2.34. The van der Waals surface area contributed by atoms with Crippen LogP contribution < -0.4 is 16.6 Å². The van der Waals surface area contributed by atoms with Gasteiger partial charge in [-0.05, 0) is 33.1 Å². The van der Waals surface area contributed by atoms with Crippen LogP contribution in [0.4, 0.5) is 4.79 Å². The quantitative estimate of drug-likeness (QED) is 0.398. The summed E-state index contributed by atoms with van der Waals surface area (Å²) in [4.78, 5) is 67.2. The second-order valence-corrected chi connectivity index (χ2v) is 10.3. The number of aliphatic hydroxyl groups is 2. The van der Waals surface area contributed by atoms with Gasteiger partial charge in [0, 0.05) is 44.2 Å². The Morgan fingerprint density at radius 3 is 2.54 bits per heavy atom. The second-order valence-electron chi connectivity index (χ2n) is 10.3. The molecule has 4 N–H and O–H groups in total. The largest absolute Gasteiger partial charge is 0.391 e. The lowest BCUT2D eigenvalue weighted by Crippen LogP contribution is -2.47. The normalized spacial score (nSPS) is 28.5. The van der Waals surface area contributed by atoms with Gasteiger partial charge in [-0.2, -0.15) is 0 Å². The third kappa shape index (κ3) is 4.76. The summed E-state index contributed by atoms with van der Waals surface area (Å²) in [7, 11) is 0. The van der Waals surface area contributed by atoms with Crippen molar-refractivity contribution in [1.82, 2.24) is 24.7 Å². The molecule has 0 unspecified atom stereocenters. The van der Waals surface area contributed by atoms with E-state index in [4.69, 9.17) is 0 Å². The number of carbonyl (C=O) groups excluding carboxylic acids is 3. The van der Waals surface area contributed by atoms with E-state index in [0.717, 1.165) is 12.8 Å². The van der Waals surface area contributed by atoms with Gasteiger partial charge >= 0.3 is 11.7 Å². The highest BCUT2D eigenvalue weighted by molar-refractivity contribution is 6.07. The van der Waals surface area contributed by atoms with Crippen molar-refractivity contribution in [2.45, 2.75) is 82.1 Å². The van der Waals surface area contributed by atoms with Gasteiger partial charge < -0.3 is 20.4 Å². The summed E-state index contributed by atoms with van der Waals surface area (Å²) in [5.41, 5.74) is -3.30. The molecule has 0 radical (unpaired) electrons. The summed E-state index contributed by atoms with van der Waals surface area (Å²) in [6, 6.07) is -1.33. The molecule has 1 aliphatic carbocycles. The number of aliphatic hydroxyl groups excluding tert-OH is 1. The number of aromatic amines is 1. The van der Waals surface area contributed by atoms with Gasteiger partial charge in [-0.25, -0.2) is 9.59 Å². The molecule has 3 heterocycles. The number of aromatic nitrogens is 2. The summed E-state index contributed by atoms with van der Waals surface area (Å²) >= 11 is 0. The summed E-state index contributed by atoms with van der Waals surface area (Å²) in [5, 5.41) is 24.3. The number of aryl methyl sites for hydroxylation is 1. The summed E-state index contributed by atoms with van der Waals surface area (Å²) in [5.74, 6) is -0.565. The van der Waals surface area contributed by atoms with Crippen LogP contribution in [0.3, 0.4) is 0 Å². The van der Waals surface area contributed by atoms with E-state index >= 15 is 0 Å². The summed E-state index contributed by atoms with van der Waals surface area (Å²) < 4.78 is 1.20. The van der Waals surface area contributed by atoms with Crippen LogP contribution in [0.2, 0.25) is 0 Å². The van der Waals surface area contributed by atoms with Gasteiger partial charge in [0.25, 0.3) is 11.5 Å². The third-order valence-corrected chi connectivity index (χ3v) is 7.50. The molecule has 1 spiro atoms. The average Bonchev–Trinajstić information content (AvgIpc) is 3.29. The maximum Gasteiger partial charge on any atom is 0.328 e. The molecule has 3 aliphatic rings. The SMILES string of the molecule is Cc1cn([C@H]2CN(C(=O)CCCN3C(=O)NC4(CCCC4)C3=O)C[C@H](O)C[C@]2(C)O)c(=O)[nH]c1=O. The van der Waals surface area contributed by atoms with E-state index in [0.29, 0.717) is 12.8 Å². The monoisotopic (exact) mass is 491 g/mol. The molecular formula is C23H33N5O7. The third-order valence-electron chi connectivity index (χ3n) is 7.50. The first-order valence-electron chi connectivity index (χ1n) is 12.1. The lowest BCUT2D eigenvalue weighted by atomic mass is 9.91. The highest BCUT2D eigenvalue weighted by Crippen LogP contribution is 2.35. The van der Waals surface area contributed by atoms with Crippen molar-refractivity contribution in [3.8, 4) is 0 Å². The van der Waals surface area contributed by atoms with Crippen LogP contribution in [-0.4, -0.2) is 84.3 Å². The molecule has 192 valence electrons. The van der Waals surface area contributed by atoms with Crippen molar-refractivity contribution < 1.29 is 24.6 Å². The molecule has 2 aliphatic heterocycles. The number of imide groups is 1. The van der Waals surface area contributed by atoms with Crippen LogP contribution in [0.15, 0.2) is 15.8 Å². The fourth-order valence-electron chi connectivity index (χ4n) is 5.56. The van der Waals surface area contributed by atoms with Gasteiger partial charge in [-0.15, -0.1) is 0 Å². The number of nitrogens with zero attached hydrogens (tertiary/aromatic N) is 3. The van der Waals surface area contributed by atoms with Crippen molar-refractivity contribution in [2.75, 3.05) is 19.6 Å². The van der Waals surface area contributed by atoms with Gasteiger partial charge in [0.05, 0.1) is 17.7 Å². The first kappa shape index (κ1) is 25.1. The average molecular weight is 492 g/mol. The van der Waals surface area contributed by atoms with Crippen molar-refractivity contribution in [1.29, 1.82) is 0 Å². The fraction of sp³-hybridized carbons (Fsp3) is 0.696. The van der Waals surface area contributed by atoms with Gasteiger partial charge in [0.2, 0.25) is 5.91 Å². The topological polar surface area (TPSA) is 165 Å². The predicted octanol–water partition coefficient (Wildman–Crippen LogP) is -0.625. The van der Waals surface area contributed by atoms with E-state index in [1.165, 1.54) is 34.4 Å². The van der Waals surface area contributed by atoms with Crippen molar-refractivity contribution in [2.24, 2.45) is 0 Å². The molecule has 0 bridgehead atoms. The minimum absolute atomic E-state index is 0.0190. The van der Waals surface area contributed by atoms with E-state index in [1.54, 1.807) is 0 Å². The number of likely N-dealkylation sites (tertiary alicyclic amines) is 1. The lowest BCUT2D eigenvalue weighted by molar-refractivity contribution is -0.134. The maximum atomic E-state index is 13.1. The van der Waals surface area contributed by atoms with Crippen LogP contribution in [-0.2, 0) is 9.59 Å². The van der Waals surface area contributed by atoms with Gasteiger partial charge in [-0.1, -0.05) is 12.8 Å². The van der Waals surface area contributed by atoms with Crippen molar-refractivity contribution in [3.63, 3.8) is 0 Å². The summed E-state index contributed by atoms with van der Waals surface area (Å²) in [6.45, 7) is 3.03. The van der Waals surface area contributed by atoms with E-state index in [2.05, 4.69) is 10.3 Å². The van der Waals surface area contributed by atoms with Crippen LogP contribution in [0.25, 0.3) is 0 Å². The van der Waals surface area contributed by atoms with Gasteiger partial charge in [0.15, 0.2) is 0 Å². The number of β-amino-alcohol motifs (C(OH)–C–C–N with tert-alkyl or cyclic N) is 1. The number of hydrogen-bond donors (Lipinski definition) is 4. The number of rotatable bonds is 5. The minimum atomic E-state index is -1.53. The molecular weight excluding hydrogens is 458 g/mol. The minimum Gasteiger partial charge on any atom is -0.391 e. The Morgan fingerprint density at radius 2 is 1.86 bits per heavy atom. The molecule has 4 rings (SSSR count). The number of nitrogens with one attached hydrogen (secondary N) is 2. The molecule has 1 aromatic heterocycles. The van der Waals surface area contributed by atoms with Crippen LogP contribution in [0, 0.1) is 6.92 Å². The number of amides is 4. The Labute approximate surface area is 201 Å². The fourth-order valence-corrected chi connectivity index (χ4v) is 5.56. The van der Waals surface area contributed by atoms with Gasteiger partial charge in [0.1, 0.15) is 5.54 Å². The Kier molecular flexibility index (Phi) is 6.62. The Morgan fingerprint density at radius 1 is 1.17 bits per heavy atom. The number of urea groups is 1. The molecule has 35 heavy (non-hydrogen) atoms. The van der Waals surface area contributed by atoms with E-state index in [9.17, 15) is 34.2 Å². The predicted molar refractivity (Wildman–Crippen MR) is 124 cm³/mol. The first-order valence-corrected chi connectivity index (χ1v) is 12.1. The van der Waals surface area contributed by atoms with E-state index in [1.807, 2.05) is 0 Å². The summed E-state index contributed by atoms with van der Waals surface area (Å²) in [6.07, 6.45) is 3.55. The Hall–Kier alpha value is -2.99. The highest BCUT2D eigenvalue weighted by atomic mass is 16.3. The number of H-pyrrole nitrogens is 1. The molecule has 4 amide bonds. The molecule has 1 aromatic rings. The van der Waals surface area contributed by atoms with Crippen LogP contribution in [0.1, 0.15) is 63.5 Å².